The van der Waals surface area contributed by atoms with Crippen molar-refractivity contribution in [2.45, 2.75) is 39.2 Å². The molecule has 0 aliphatic carbocycles. The van der Waals surface area contributed by atoms with E-state index in [2.05, 4.69) is 27.6 Å². The molecule has 6 nitrogen and oxygen atoms in total. The van der Waals surface area contributed by atoms with Crippen LogP contribution in [0.2, 0.25) is 0 Å². The lowest BCUT2D eigenvalue weighted by Gasteiger charge is -2.15. The molecule has 6 heteroatoms. The molecular weight excluding hydrogens is 218 g/mol. The highest BCUT2D eigenvalue weighted by molar-refractivity contribution is 5.47. The van der Waals surface area contributed by atoms with Crippen molar-refractivity contribution in [1.29, 1.82) is 0 Å². The SMILES string of the molecule is CCc1nc(NN)cc(NC(C)CCCO)n1. The van der Waals surface area contributed by atoms with E-state index >= 15 is 0 Å². The molecule has 5 N–H and O–H groups in total. The molecular formula is C11H21N5O. The van der Waals surface area contributed by atoms with Gasteiger partial charge in [-0.1, -0.05) is 6.92 Å². The van der Waals surface area contributed by atoms with Crippen LogP contribution in [0.25, 0.3) is 0 Å². The number of hydrogen-bond acceptors (Lipinski definition) is 6. The molecule has 0 saturated heterocycles. The van der Waals surface area contributed by atoms with Crippen molar-refractivity contribution in [3.05, 3.63) is 11.9 Å². The Hall–Kier alpha value is -1.40. The molecule has 0 aliphatic rings. The van der Waals surface area contributed by atoms with E-state index < -0.39 is 0 Å². The quantitative estimate of drug-likeness (QED) is 0.417. The van der Waals surface area contributed by atoms with Gasteiger partial charge in [0.1, 0.15) is 17.5 Å². The molecule has 1 aromatic rings. The van der Waals surface area contributed by atoms with Crippen molar-refractivity contribution < 1.29 is 5.11 Å². The molecule has 1 atom stereocenters. The highest BCUT2D eigenvalue weighted by Gasteiger charge is 2.06. The van der Waals surface area contributed by atoms with Crippen molar-refractivity contribution in [1.82, 2.24) is 9.97 Å². The Labute approximate surface area is 102 Å². The number of aromatic nitrogens is 2. The van der Waals surface area contributed by atoms with Gasteiger partial charge in [-0.3, -0.25) is 0 Å². The highest BCUT2D eigenvalue weighted by atomic mass is 16.2. The molecule has 17 heavy (non-hydrogen) atoms. The van der Waals surface area contributed by atoms with Gasteiger partial charge in [0.05, 0.1) is 0 Å². The van der Waals surface area contributed by atoms with Crippen LogP contribution in [0.1, 0.15) is 32.5 Å². The predicted octanol–water partition coefficient (Wildman–Crippen LogP) is 0.897. The summed E-state index contributed by atoms with van der Waals surface area (Å²) in [4.78, 5) is 8.58. The first-order valence-electron chi connectivity index (χ1n) is 5.91. The second kappa shape index (κ2) is 7.03. The summed E-state index contributed by atoms with van der Waals surface area (Å²) < 4.78 is 0. The molecule has 1 heterocycles. The van der Waals surface area contributed by atoms with Gasteiger partial charge in [-0.05, 0) is 19.8 Å². The van der Waals surface area contributed by atoms with E-state index in [9.17, 15) is 0 Å². The van der Waals surface area contributed by atoms with E-state index in [1.54, 1.807) is 6.07 Å². The maximum absolute atomic E-state index is 8.77. The lowest BCUT2D eigenvalue weighted by atomic mass is 10.2. The number of anilines is 2. The van der Waals surface area contributed by atoms with Crippen molar-refractivity contribution >= 4 is 11.6 Å². The molecule has 0 fully saturated rings. The number of aliphatic hydroxyl groups excluding tert-OH is 1. The molecule has 0 radical (unpaired) electrons. The van der Waals surface area contributed by atoms with E-state index in [0.29, 0.717) is 5.82 Å². The Morgan fingerprint density at radius 3 is 2.71 bits per heavy atom. The van der Waals surface area contributed by atoms with Gasteiger partial charge in [-0.25, -0.2) is 15.8 Å². The summed E-state index contributed by atoms with van der Waals surface area (Å²) in [6.45, 7) is 4.26. The molecule has 96 valence electrons. The molecule has 1 aromatic heterocycles. The van der Waals surface area contributed by atoms with Crippen LogP contribution in [0.3, 0.4) is 0 Å². The molecule has 1 unspecified atom stereocenters. The van der Waals surface area contributed by atoms with E-state index in [1.807, 2.05) is 6.92 Å². The van der Waals surface area contributed by atoms with Gasteiger partial charge >= 0.3 is 0 Å². The standard InChI is InChI=1S/C11H21N5O/c1-3-9-14-10(7-11(15-9)16-12)13-8(2)5-4-6-17/h7-8,17H,3-6,12H2,1-2H3,(H2,13,14,15,16). The van der Waals surface area contributed by atoms with Crippen molar-refractivity contribution in [2.24, 2.45) is 5.84 Å². The summed E-state index contributed by atoms with van der Waals surface area (Å²) in [7, 11) is 0. The summed E-state index contributed by atoms with van der Waals surface area (Å²) in [6, 6.07) is 2.03. The zero-order valence-electron chi connectivity index (χ0n) is 10.4. The Balaban J connectivity index is 2.68. The van der Waals surface area contributed by atoms with Crippen LogP contribution in [0.4, 0.5) is 11.6 Å². The maximum atomic E-state index is 8.77. The zero-order chi connectivity index (χ0) is 12.7. The predicted molar refractivity (Wildman–Crippen MR) is 68.6 cm³/mol. The summed E-state index contributed by atoms with van der Waals surface area (Å²) in [5.74, 6) is 7.46. The van der Waals surface area contributed by atoms with Crippen LogP contribution < -0.4 is 16.6 Å². The molecule has 0 saturated carbocycles. The lowest BCUT2D eigenvalue weighted by molar-refractivity contribution is 0.282. The number of hydrazine groups is 1. The van der Waals surface area contributed by atoms with E-state index in [0.717, 1.165) is 30.9 Å². The number of aryl methyl sites for hydroxylation is 1. The Bertz CT molecular complexity index is 322. The van der Waals surface area contributed by atoms with E-state index in [-0.39, 0.29) is 12.6 Å². The van der Waals surface area contributed by atoms with Gasteiger partial charge in [-0.2, -0.15) is 0 Å². The third kappa shape index (κ3) is 4.54. The van der Waals surface area contributed by atoms with Crippen LogP contribution in [-0.2, 0) is 6.42 Å². The topological polar surface area (TPSA) is 96.1 Å². The molecule has 0 amide bonds. The lowest BCUT2D eigenvalue weighted by Crippen LogP contribution is -2.18. The smallest absolute Gasteiger partial charge is 0.145 e. The van der Waals surface area contributed by atoms with Crippen molar-refractivity contribution in [3.8, 4) is 0 Å². The number of nitrogens with two attached hydrogens (primary N) is 1. The summed E-state index contributed by atoms with van der Waals surface area (Å²) in [5, 5.41) is 12.0. The average Bonchev–Trinajstić information content (AvgIpc) is 2.35. The van der Waals surface area contributed by atoms with Crippen LogP contribution in [0.5, 0.6) is 0 Å². The van der Waals surface area contributed by atoms with Crippen LogP contribution in [-0.4, -0.2) is 27.7 Å². The van der Waals surface area contributed by atoms with Crippen LogP contribution >= 0.6 is 0 Å². The fraction of sp³-hybridized carbons (Fsp3) is 0.636. The zero-order valence-corrected chi connectivity index (χ0v) is 10.4. The van der Waals surface area contributed by atoms with E-state index in [1.165, 1.54) is 0 Å². The Morgan fingerprint density at radius 2 is 2.12 bits per heavy atom. The van der Waals surface area contributed by atoms with Crippen LogP contribution in [0.15, 0.2) is 6.07 Å². The van der Waals surface area contributed by atoms with Gasteiger partial charge < -0.3 is 15.8 Å². The number of rotatable bonds is 7. The first-order chi connectivity index (χ1) is 8.19. The number of nitrogens with one attached hydrogen (secondary N) is 2. The summed E-state index contributed by atoms with van der Waals surface area (Å²) in [5.41, 5.74) is 2.53. The third-order valence-corrected chi connectivity index (χ3v) is 2.43. The molecule has 1 rings (SSSR count). The number of nitrogen functional groups attached to an aromatic ring is 1. The van der Waals surface area contributed by atoms with Crippen molar-refractivity contribution in [2.75, 3.05) is 17.3 Å². The fourth-order valence-electron chi connectivity index (χ4n) is 1.53. The Kier molecular flexibility index (Phi) is 5.65. The average molecular weight is 239 g/mol. The molecule has 0 bridgehead atoms. The minimum atomic E-state index is 0.214. The summed E-state index contributed by atoms with van der Waals surface area (Å²) in [6.07, 6.45) is 2.43. The second-order valence-corrected chi connectivity index (χ2v) is 3.96. The van der Waals surface area contributed by atoms with E-state index in [4.69, 9.17) is 10.9 Å². The van der Waals surface area contributed by atoms with Crippen LogP contribution in [0, 0.1) is 0 Å². The minimum absolute atomic E-state index is 0.214. The first-order valence-corrected chi connectivity index (χ1v) is 5.91. The molecule has 0 spiro atoms. The van der Waals surface area contributed by atoms with Gasteiger partial charge in [-0.15, -0.1) is 0 Å². The van der Waals surface area contributed by atoms with Gasteiger partial charge in [0.2, 0.25) is 0 Å². The molecule has 0 aliphatic heterocycles. The summed E-state index contributed by atoms with van der Waals surface area (Å²) >= 11 is 0. The largest absolute Gasteiger partial charge is 0.396 e. The number of nitrogens with zero attached hydrogens (tertiary/aromatic N) is 2. The number of hydrogen-bond donors (Lipinski definition) is 4. The maximum Gasteiger partial charge on any atom is 0.145 e. The van der Waals surface area contributed by atoms with Gasteiger partial charge in [0.15, 0.2) is 0 Å². The van der Waals surface area contributed by atoms with Gasteiger partial charge in [0, 0.05) is 25.1 Å². The monoisotopic (exact) mass is 239 g/mol. The highest BCUT2D eigenvalue weighted by Crippen LogP contribution is 2.13. The fourth-order valence-corrected chi connectivity index (χ4v) is 1.53. The first kappa shape index (κ1) is 13.7. The van der Waals surface area contributed by atoms with Crippen molar-refractivity contribution in [3.63, 3.8) is 0 Å². The minimum Gasteiger partial charge on any atom is -0.396 e. The third-order valence-electron chi connectivity index (χ3n) is 2.43. The Morgan fingerprint density at radius 1 is 1.41 bits per heavy atom. The normalized spacial score (nSPS) is 12.2. The second-order valence-electron chi connectivity index (χ2n) is 3.96. The number of aliphatic hydroxyl groups is 1. The molecule has 0 aromatic carbocycles. The van der Waals surface area contributed by atoms with Gasteiger partial charge in [0.25, 0.3) is 0 Å².